The smallest absolute Gasteiger partial charge is 0.248 e. The van der Waals surface area contributed by atoms with E-state index in [2.05, 4.69) is 10.4 Å². The summed E-state index contributed by atoms with van der Waals surface area (Å²) in [7, 11) is 1.69. The Bertz CT molecular complexity index is 372. The molecule has 0 aliphatic carbocycles. The first-order valence-electron chi connectivity index (χ1n) is 4.41. The van der Waals surface area contributed by atoms with Crippen LogP contribution in [0.4, 0.5) is 5.69 Å². The van der Waals surface area contributed by atoms with Gasteiger partial charge in [-0.05, 0) is 12.1 Å². The van der Waals surface area contributed by atoms with Gasteiger partial charge in [-0.25, -0.2) is 4.99 Å². The van der Waals surface area contributed by atoms with Gasteiger partial charge < -0.3 is 0 Å². The summed E-state index contributed by atoms with van der Waals surface area (Å²) < 4.78 is 0. The number of hydrazine groups is 1. The average Bonchev–Trinajstić information content (AvgIpc) is 2.47. The number of amides is 1. The van der Waals surface area contributed by atoms with E-state index in [1.54, 1.807) is 7.05 Å². The van der Waals surface area contributed by atoms with Gasteiger partial charge in [-0.3, -0.25) is 15.2 Å². The fraction of sp³-hybridized carbons (Fsp3) is 0.200. The van der Waals surface area contributed by atoms with Crippen LogP contribution in [0, 0.1) is 0 Å². The van der Waals surface area contributed by atoms with E-state index < -0.39 is 0 Å². The topological polar surface area (TPSA) is 44.7 Å². The minimum Gasteiger partial charge on any atom is -0.283 e. The number of carbonyl (C=O) groups excluding carboxylic acids is 1. The van der Waals surface area contributed by atoms with Gasteiger partial charge in [-0.15, -0.1) is 0 Å². The molecule has 0 atom stereocenters. The van der Waals surface area contributed by atoms with Crippen molar-refractivity contribution in [3.63, 3.8) is 0 Å². The molecule has 4 heteroatoms. The number of hydrogen-bond acceptors (Lipinski definition) is 2. The van der Waals surface area contributed by atoms with E-state index in [-0.39, 0.29) is 5.91 Å². The molecule has 0 spiro atoms. The lowest BCUT2D eigenvalue weighted by atomic mass is 10.3. The van der Waals surface area contributed by atoms with Crippen LogP contribution in [0.1, 0.15) is 6.42 Å². The summed E-state index contributed by atoms with van der Waals surface area (Å²) in [6, 6.07) is 9.57. The molecule has 2 rings (SSSR count). The van der Waals surface area contributed by atoms with Crippen LogP contribution < -0.4 is 5.43 Å². The summed E-state index contributed by atoms with van der Waals surface area (Å²) in [5, 5.41) is 1.45. The Morgan fingerprint density at radius 3 is 2.64 bits per heavy atom. The van der Waals surface area contributed by atoms with E-state index in [0.29, 0.717) is 12.3 Å². The Kier molecular flexibility index (Phi) is 2.18. The van der Waals surface area contributed by atoms with Gasteiger partial charge in [0.05, 0.1) is 12.1 Å². The standard InChI is InChI=1S/C10H11N3O/c1-13-10(14)7-9(12-13)11-8-5-3-2-4-6-8/h2-6H,7H2,1H3,(H,11,12). The lowest BCUT2D eigenvalue weighted by molar-refractivity contribution is -0.128. The largest absolute Gasteiger partial charge is 0.283 e. The van der Waals surface area contributed by atoms with Crippen molar-refractivity contribution in [2.75, 3.05) is 7.05 Å². The molecule has 1 aromatic rings. The maximum Gasteiger partial charge on any atom is 0.248 e. The van der Waals surface area contributed by atoms with E-state index in [1.807, 2.05) is 30.3 Å². The van der Waals surface area contributed by atoms with Gasteiger partial charge in [-0.2, -0.15) is 0 Å². The number of amidine groups is 1. The third-order valence-corrected chi connectivity index (χ3v) is 2.01. The van der Waals surface area contributed by atoms with Crippen molar-refractivity contribution >= 4 is 17.4 Å². The van der Waals surface area contributed by atoms with Crippen LogP contribution in [0.25, 0.3) is 0 Å². The molecule has 1 saturated heterocycles. The molecule has 1 N–H and O–H groups in total. The lowest BCUT2D eigenvalue weighted by Crippen LogP contribution is -2.31. The Balaban J connectivity index is 2.17. The molecule has 1 aliphatic rings. The van der Waals surface area contributed by atoms with Gasteiger partial charge in [0, 0.05) is 7.05 Å². The van der Waals surface area contributed by atoms with Gasteiger partial charge in [-0.1, -0.05) is 18.2 Å². The molecule has 0 bridgehead atoms. The molecule has 1 amide bonds. The third kappa shape index (κ3) is 1.74. The SMILES string of the molecule is CN1NC(=Nc2ccccc2)CC1=O. The zero-order valence-corrected chi connectivity index (χ0v) is 7.90. The number of hydrogen-bond donors (Lipinski definition) is 1. The molecule has 14 heavy (non-hydrogen) atoms. The zero-order chi connectivity index (χ0) is 9.97. The highest BCUT2D eigenvalue weighted by molar-refractivity contribution is 6.05. The second kappa shape index (κ2) is 3.49. The number of carbonyl (C=O) groups is 1. The summed E-state index contributed by atoms with van der Waals surface area (Å²) in [5.74, 6) is 0.739. The number of benzene rings is 1. The van der Waals surface area contributed by atoms with Crippen molar-refractivity contribution in [3.05, 3.63) is 30.3 Å². The zero-order valence-electron chi connectivity index (χ0n) is 7.90. The minimum absolute atomic E-state index is 0.0414. The number of nitrogens with one attached hydrogen (secondary N) is 1. The van der Waals surface area contributed by atoms with Crippen LogP contribution in [-0.2, 0) is 4.79 Å². The Morgan fingerprint density at radius 1 is 1.36 bits per heavy atom. The molecule has 1 heterocycles. The van der Waals surface area contributed by atoms with Gasteiger partial charge in [0.2, 0.25) is 5.91 Å². The van der Waals surface area contributed by atoms with E-state index in [9.17, 15) is 4.79 Å². The van der Waals surface area contributed by atoms with Crippen LogP contribution in [-0.4, -0.2) is 23.8 Å². The van der Waals surface area contributed by atoms with Crippen LogP contribution in [0.2, 0.25) is 0 Å². The number of para-hydroxylation sites is 1. The third-order valence-electron chi connectivity index (χ3n) is 2.01. The Hall–Kier alpha value is -1.84. The van der Waals surface area contributed by atoms with Crippen molar-refractivity contribution in [1.29, 1.82) is 0 Å². The molecule has 0 unspecified atom stereocenters. The maximum atomic E-state index is 11.2. The van der Waals surface area contributed by atoms with Gasteiger partial charge >= 0.3 is 0 Å². The van der Waals surface area contributed by atoms with Crippen LogP contribution >= 0.6 is 0 Å². The highest BCUT2D eigenvalue weighted by Crippen LogP contribution is 2.12. The normalized spacial score (nSPS) is 18.8. The summed E-state index contributed by atoms with van der Waals surface area (Å²) >= 11 is 0. The summed E-state index contributed by atoms with van der Waals surface area (Å²) in [5.41, 5.74) is 3.75. The summed E-state index contributed by atoms with van der Waals surface area (Å²) in [6.45, 7) is 0. The van der Waals surface area contributed by atoms with E-state index in [0.717, 1.165) is 5.69 Å². The lowest BCUT2D eigenvalue weighted by Gasteiger charge is -2.06. The van der Waals surface area contributed by atoms with Crippen molar-refractivity contribution in [2.24, 2.45) is 4.99 Å². The first-order valence-corrected chi connectivity index (χ1v) is 4.41. The number of aliphatic imine (C=N–C) groups is 1. The highest BCUT2D eigenvalue weighted by Gasteiger charge is 2.21. The van der Waals surface area contributed by atoms with Crippen molar-refractivity contribution < 1.29 is 4.79 Å². The van der Waals surface area contributed by atoms with Crippen LogP contribution in [0.15, 0.2) is 35.3 Å². The molecule has 0 radical (unpaired) electrons. The fourth-order valence-corrected chi connectivity index (χ4v) is 1.28. The highest BCUT2D eigenvalue weighted by atomic mass is 16.2. The predicted octanol–water partition coefficient (Wildman–Crippen LogP) is 1.08. The molecule has 4 nitrogen and oxygen atoms in total. The predicted molar refractivity (Wildman–Crippen MR) is 54.1 cm³/mol. The summed E-state index contributed by atoms with van der Waals surface area (Å²) in [4.78, 5) is 15.5. The van der Waals surface area contributed by atoms with E-state index >= 15 is 0 Å². The molecule has 1 aromatic carbocycles. The monoisotopic (exact) mass is 189 g/mol. The second-order valence-electron chi connectivity index (χ2n) is 3.14. The first-order chi connectivity index (χ1) is 6.75. The second-order valence-corrected chi connectivity index (χ2v) is 3.14. The van der Waals surface area contributed by atoms with E-state index in [4.69, 9.17) is 0 Å². The molecular weight excluding hydrogens is 178 g/mol. The fourth-order valence-electron chi connectivity index (χ4n) is 1.28. The quantitative estimate of drug-likeness (QED) is 0.718. The van der Waals surface area contributed by atoms with Gasteiger partial charge in [0.1, 0.15) is 5.84 Å². The molecule has 1 fully saturated rings. The minimum atomic E-state index is 0.0414. The van der Waals surface area contributed by atoms with Crippen molar-refractivity contribution in [3.8, 4) is 0 Å². The van der Waals surface area contributed by atoms with E-state index in [1.165, 1.54) is 5.01 Å². The number of rotatable bonds is 1. The van der Waals surface area contributed by atoms with Gasteiger partial charge in [0.25, 0.3) is 0 Å². The molecule has 1 aliphatic heterocycles. The maximum absolute atomic E-state index is 11.2. The molecule has 72 valence electrons. The van der Waals surface area contributed by atoms with Crippen molar-refractivity contribution in [1.82, 2.24) is 10.4 Å². The molecular formula is C10H11N3O. The number of nitrogens with zero attached hydrogens (tertiary/aromatic N) is 2. The Morgan fingerprint density at radius 2 is 2.07 bits per heavy atom. The summed E-state index contributed by atoms with van der Waals surface area (Å²) in [6.07, 6.45) is 0.353. The van der Waals surface area contributed by atoms with Crippen LogP contribution in [0.3, 0.4) is 0 Å². The molecule has 0 aromatic heterocycles. The molecule has 0 saturated carbocycles. The van der Waals surface area contributed by atoms with Crippen molar-refractivity contribution in [2.45, 2.75) is 6.42 Å². The first kappa shape index (κ1) is 8.74. The van der Waals surface area contributed by atoms with Crippen LogP contribution in [0.5, 0.6) is 0 Å². The average molecular weight is 189 g/mol. The van der Waals surface area contributed by atoms with Gasteiger partial charge in [0.15, 0.2) is 0 Å². The Labute approximate surface area is 82.2 Å².